The van der Waals surface area contributed by atoms with Crippen molar-refractivity contribution in [2.45, 2.75) is 6.42 Å². The van der Waals surface area contributed by atoms with Crippen molar-refractivity contribution in [2.24, 2.45) is 0 Å². The molecule has 20 heavy (non-hydrogen) atoms. The van der Waals surface area contributed by atoms with Crippen molar-refractivity contribution in [3.8, 4) is 12.3 Å². The predicted molar refractivity (Wildman–Crippen MR) is 71.5 cm³/mol. The first-order valence-electron chi connectivity index (χ1n) is 5.96. The highest BCUT2D eigenvalue weighted by molar-refractivity contribution is 5.80. The van der Waals surface area contributed by atoms with E-state index >= 15 is 0 Å². The Balaban J connectivity index is 2.47. The van der Waals surface area contributed by atoms with Gasteiger partial charge in [-0.3, -0.25) is 4.79 Å². The van der Waals surface area contributed by atoms with Crippen LogP contribution in [-0.2, 0) is 11.2 Å². The molecule has 0 atom stereocenters. The quantitative estimate of drug-likeness (QED) is 0.765. The molecule has 2 N–H and O–H groups in total. The number of benzene rings is 1. The lowest BCUT2D eigenvalue weighted by atomic mass is 10.1. The highest BCUT2D eigenvalue weighted by atomic mass is 19.1. The summed E-state index contributed by atoms with van der Waals surface area (Å²) in [5.74, 6) is 0.724. The molecule has 0 aromatic heterocycles. The third-order valence-electron chi connectivity index (χ3n) is 2.52. The first kappa shape index (κ1) is 15.5. The number of nitrogens with zero attached hydrogens (tertiary/aromatic N) is 1. The smallest absolute Gasteiger partial charge is 0.323 e. The van der Waals surface area contributed by atoms with Gasteiger partial charge in [-0.1, -0.05) is 24.1 Å². The summed E-state index contributed by atoms with van der Waals surface area (Å²) in [6.45, 7) is -0.381. The van der Waals surface area contributed by atoms with Crippen molar-refractivity contribution in [1.82, 2.24) is 10.2 Å². The first-order chi connectivity index (χ1) is 9.54. The van der Waals surface area contributed by atoms with Crippen LogP contribution >= 0.6 is 0 Å². The van der Waals surface area contributed by atoms with E-state index in [-0.39, 0.29) is 18.9 Å². The average Bonchev–Trinajstić information content (AvgIpc) is 2.40. The number of carboxylic acid groups (broad SMARTS) is 1. The Morgan fingerprint density at radius 3 is 2.70 bits per heavy atom. The number of rotatable bonds is 6. The number of halogens is 1. The Morgan fingerprint density at radius 2 is 2.10 bits per heavy atom. The van der Waals surface area contributed by atoms with E-state index < -0.39 is 18.5 Å². The normalized spacial score (nSPS) is 9.60. The molecule has 0 heterocycles. The van der Waals surface area contributed by atoms with Gasteiger partial charge in [0.25, 0.3) is 0 Å². The fourth-order valence-corrected chi connectivity index (χ4v) is 1.59. The molecule has 0 saturated carbocycles. The molecule has 0 spiro atoms. The molecule has 0 bridgehead atoms. The highest BCUT2D eigenvalue weighted by Gasteiger charge is 2.15. The molecule has 0 aliphatic carbocycles. The summed E-state index contributed by atoms with van der Waals surface area (Å²) >= 11 is 0. The molecule has 0 saturated heterocycles. The summed E-state index contributed by atoms with van der Waals surface area (Å²) in [6.07, 6.45) is 5.38. The lowest BCUT2D eigenvalue weighted by molar-refractivity contribution is -0.137. The lowest BCUT2D eigenvalue weighted by Gasteiger charge is -2.18. The van der Waals surface area contributed by atoms with Gasteiger partial charge in [-0.2, -0.15) is 0 Å². The minimum atomic E-state index is -1.15. The largest absolute Gasteiger partial charge is 0.480 e. The third kappa shape index (κ3) is 4.98. The fraction of sp³-hybridized carbons (Fsp3) is 0.286. The van der Waals surface area contributed by atoms with E-state index in [1.165, 1.54) is 6.07 Å². The molecule has 0 aliphatic rings. The molecule has 0 aliphatic heterocycles. The summed E-state index contributed by atoms with van der Waals surface area (Å²) in [5, 5.41) is 11.2. The van der Waals surface area contributed by atoms with Crippen molar-refractivity contribution >= 4 is 12.0 Å². The van der Waals surface area contributed by atoms with Crippen LogP contribution in [0.2, 0.25) is 0 Å². The molecular weight excluding hydrogens is 263 g/mol. The summed E-state index contributed by atoms with van der Waals surface area (Å²) < 4.78 is 13.3. The van der Waals surface area contributed by atoms with Crippen LogP contribution in [0.4, 0.5) is 9.18 Å². The molecule has 106 valence electrons. The minimum absolute atomic E-state index is 0.0994. The van der Waals surface area contributed by atoms with Crippen molar-refractivity contribution in [3.63, 3.8) is 0 Å². The van der Waals surface area contributed by atoms with E-state index in [1.807, 2.05) is 0 Å². The second-order valence-corrected chi connectivity index (χ2v) is 4.03. The number of carbonyl (C=O) groups is 2. The maximum Gasteiger partial charge on any atom is 0.323 e. The van der Waals surface area contributed by atoms with Crippen LogP contribution < -0.4 is 5.32 Å². The van der Waals surface area contributed by atoms with Gasteiger partial charge >= 0.3 is 12.0 Å². The number of carboxylic acids is 1. The van der Waals surface area contributed by atoms with E-state index in [0.717, 1.165) is 4.90 Å². The minimum Gasteiger partial charge on any atom is -0.480 e. The zero-order valence-corrected chi connectivity index (χ0v) is 10.8. The zero-order valence-electron chi connectivity index (χ0n) is 10.8. The van der Waals surface area contributed by atoms with Gasteiger partial charge in [0.15, 0.2) is 0 Å². The molecule has 0 radical (unpaired) electrons. The van der Waals surface area contributed by atoms with Crippen LogP contribution in [0, 0.1) is 18.2 Å². The number of nitrogens with one attached hydrogen (secondary N) is 1. The number of terminal acetylenes is 1. The number of hydrogen-bond donors (Lipinski definition) is 2. The van der Waals surface area contributed by atoms with Gasteiger partial charge in [0.1, 0.15) is 12.4 Å². The van der Waals surface area contributed by atoms with Gasteiger partial charge < -0.3 is 15.3 Å². The number of urea groups is 1. The molecule has 1 aromatic rings. The Hall–Kier alpha value is -2.55. The van der Waals surface area contributed by atoms with Gasteiger partial charge in [-0.15, -0.1) is 6.42 Å². The SMILES string of the molecule is C#CCN(CC(=O)O)C(=O)NCCc1ccccc1F. The molecule has 0 fully saturated rings. The van der Waals surface area contributed by atoms with Crippen LogP contribution in [0.5, 0.6) is 0 Å². The van der Waals surface area contributed by atoms with Gasteiger partial charge in [0.05, 0.1) is 6.54 Å². The molecular formula is C14H15FN2O3. The van der Waals surface area contributed by atoms with E-state index in [1.54, 1.807) is 18.2 Å². The predicted octanol–water partition coefficient (Wildman–Crippen LogP) is 1.10. The van der Waals surface area contributed by atoms with Gasteiger partial charge in [0.2, 0.25) is 0 Å². The topological polar surface area (TPSA) is 69.6 Å². The second-order valence-electron chi connectivity index (χ2n) is 4.03. The monoisotopic (exact) mass is 278 g/mol. The number of hydrogen-bond acceptors (Lipinski definition) is 2. The van der Waals surface area contributed by atoms with Crippen LogP contribution in [0.3, 0.4) is 0 Å². The van der Waals surface area contributed by atoms with Crippen molar-refractivity contribution in [1.29, 1.82) is 0 Å². The molecule has 1 aromatic carbocycles. The molecule has 2 amide bonds. The maximum atomic E-state index is 13.3. The number of amides is 2. The second kappa shape index (κ2) is 7.79. The van der Waals surface area contributed by atoms with Crippen LogP contribution in [0.15, 0.2) is 24.3 Å². The molecule has 5 nitrogen and oxygen atoms in total. The average molecular weight is 278 g/mol. The number of carbonyl (C=O) groups excluding carboxylic acids is 1. The maximum absolute atomic E-state index is 13.3. The lowest BCUT2D eigenvalue weighted by Crippen LogP contribution is -2.43. The summed E-state index contributed by atoms with van der Waals surface area (Å²) in [7, 11) is 0. The van der Waals surface area contributed by atoms with Gasteiger partial charge in [0, 0.05) is 6.54 Å². The Labute approximate surface area is 116 Å². The number of aliphatic carboxylic acids is 1. The van der Waals surface area contributed by atoms with Crippen molar-refractivity contribution in [3.05, 3.63) is 35.6 Å². The van der Waals surface area contributed by atoms with Crippen molar-refractivity contribution < 1.29 is 19.1 Å². The van der Waals surface area contributed by atoms with Crippen LogP contribution in [-0.4, -0.2) is 41.6 Å². The Morgan fingerprint density at radius 1 is 1.40 bits per heavy atom. The first-order valence-corrected chi connectivity index (χ1v) is 5.96. The van der Waals surface area contributed by atoms with E-state index in [0.29, 0.717) is 12.0 Å². The van der Waals surface area contributed by atoms with E-state index in [4.69, 9.17) is 11.5 Å². The molecule has 1 rings (SSSR count). The van der Waals surface area contributed by atoms with E-state index in [9.17, 15) is 14.0 Å². The van der Waals surface area contributed by atoms with Crippen LogP contribution in [0.1, 0.15) is 5.56 Å². The molecule has 6 heteroatoms. The van der Waals surface area contributed by atoms with Gasteiger partial charge in [-0.25, -0.2) is 9.18 Å². The Kier molecular flexibility index (Phi) is 6.04. The summed E-state index contributed by atoms with van der Waals surface area (Å²) in [4.78, 5) is 23.3. The summed E-state index contributed by atoms with van der Waals surface area (Å²) in [5.41, 5.74) is 0.481. The van der Waals surface area contributed by atoms with E-state index in [2.05, 4.69) is 11.2 Å². The summed E-state index contributed by atoms with van der Waals surface area (Å²) in [6, 6.07) is 5.67. The van der Waals surface area contributed by atoms with Crippen LogP contribution in [0.25, 0.3) is 0 Å². The highest BCUT2D eigenvalue weighted by Crippen LogP contribution is 2.06. The Bertz CT molecular complexity index is 525. The zero-order chi connectivity index (χ0) is 15.0. The van der Waals surface area contributed by atoms with Crippen molar-refractivity contribution in [2.75, 3.05) is 19.6 Å². The fourth-order valence-electron chi connectivity index (χ4n) is 1.59. The standard InChI is InChI=1S/C14H15FN2O3/c1-2-9-17(10-13(18)19)14(20)16-8-7-11-5-3-4-6-12(11)15/h1,3-6H,7-10H2,(H,16,20)(H,18,19). The third-order valence-corrected chi connectivity index (χ3v) is 2.52. The van der Waals surface area contributed by atoms with Gasteiger partial charge in [-0.05, 0) is 18.1 Å². The molecule has 0 unspecified atom stereocenters.